The number of carboxylic acids is 1. The van der Waals surface area contributed by atoms with Gasteiger partial charge in [0.05, 0.1) is 0 Å². The Bertz CT molecular complexity index is 400. The van der Waals surface area contributed by atoms with Crippen LogP contribution in [0.4, 0.5) is 5.13 Å². The molecule has 0 bridgehead atoms. The number of thioether (sulfide) groups is 1. The van der Waals surface area contributed by atoms with E-state index in [0.717, 1.165) is 6.54 Å². The first-order valence-electron chi connectivity index (χ1n) is 5.63. The Morgan fingerprint density at radius 1 is 1.65 bits per heavy atom. The van der Waals surface area contributed by atoms with Crippen LogP contribution in [0.3, 0.4) is 0 Å². The first-order chi connectivity index (χ1) is 8.15. The average molecular weight is 272 g/mol. The van der Waals surface area contributed by atoms with Gasteiger partial charge < -0.3 is 10.4 Å². The molecule has 1 fully saturated rings. The fourth-order valence-corrected chi connectivity index (χ4v) is 3.76. The molecule has 2 rings (SSSR count). The minimum absolute atomic E-state index is 0.127. The van der Waals surface area contributed by atoms with Gasteiger partial charge in [-0.15, -0.1) is 11.3 Å². The predicted octanol–water partition coefficient (Wildman–Crippen LogP) is 2.93. The number of thiazole rings is 1. The van der Waals surface area contributed by atoms with Crippen molar-refractivity contribution in [3.63, 3.8) is 0 Å². The van der Waals surface area contributed by atoms with E-state index in [-0.39, 0.29) is 5.69 Å². The molecule has 0 atom stereocenters. The zero-order valence-corrected chi connectivity index (χ0v) is 11.4. The summed E-state index contributed by atoms with van der Waals surface area (Å²) in [5.74, 6) is -0.963. The Morgan fingerprint density at radius 3 is 2.88 bits per heavy atom. The first-order valence-corrected chi connectivity index (χ1v) is 7.73. The normalized spacial score (nSPS) is 18.2. The molecule has 1 aliphatic rings. The molecule has 6 heteroatoms. The zero-order chi connectivity index (χ0) is 12.3. The van der Waals surface area contributed by atoms with Crippen molar-refractivity contribution in [2.24, 2.45) is 0 Å². The molecule has 0 aromatic carbocycles. The highest BCUT2D eigenvalue weighted by Crippen LogP contribution is 2.40. The molecule has 1 heterocycles. The molecule has 0 radical (unpaired) electrons. The number of hydrogen-bond acceptors (Lipinski definition) is 5. The molecule has 94 valence electrons. The van der Waals surface area contributed by atoms with Gasteiger partial charge in [-0.05, 0) is 19.1 Å². The maximum Gasteiger partial charge on any atom is 0.355 e. The lowest BCUT2D eigenvalue weighted by atomic mass is 10.1. The first kappa shape index (κ1) is 12.7. The lowest BCUT2D eigenvalue weighted by Gasteiger charge is -2.26. The summed E-state index contributed by atoms with van der Waals surface area (Å²) >= 11 is 3.27. The molecule has 0 unspecified atom stereocenters. The molecule has 0 amide bonds. The largest absolute Gasteiger partial charge is 0.476 e. The van der Waals surface area contributed by atoms with Crippen LogP contribution in [0.15, 0.2) is 5.38 Å². The van der Waals surface area contributed by atoms with Gasteiger partial charge in [0.2, 0.25) is 0 Å². The Balaban J connectivity index is 1.94. The van der Waals surface area contributed by atoms with Gasteiger partial charge >= 0.3 is 5.97 Å². The molecule has 0 aliphatic heterocycles. The van der Waals surface area contributed by atoms with E-state index < -0.39 is 5.97 Å². The van der Waals surface area contributed by atoms with E-state index in [1.165, 1.54) is 37.0 Å². The van der Waals surface area contributed by atoms with Crippen molar-refractivity contribution in [1.82, 2.24) is 4.98 Å². The van der Waals surface area contributed by atoms with Gasteiger partial charge in [0.15, 0.2) is 10.8 Å². The van der Waals surface area contributed by atoms with Crippen LogP contribution in [0.2, 0.25) is 0 Å². The number of carbonyl (C=O) groups is 1. The third-order valence-corrected chi connectivity index (χ3v) is 5.45. The van der Waals surface area contributed by atoms with Crippen LogP contribution in [-0.4, -0.2) is 33.6 Å². The third-order valence-electron chi connectivity index (χ3n) is 3.23. The molecule has 4 nitrogen and oxygen atoms in total. The number of carboxylic acid groups (broad SMARTS) is 1. The second kappa shape index (κ2) is 5.27. The fraction of sp³-hybridized carbons (Fsp3) is 0.636. The Labute approximate surface area is 109 Å². The maximum atomic E-state index is 10.7. The van der Waals surface area contributed by atoms with E-state index in [9.17, 15) is 4.79 Å². The Morgan fingerprint density at radius 2 is 2.35 bits per heavy atom. The van der Waals surface area contributed by atoms with E-state index in [4.69, 9.17) is 5.11 Å². The van der Waals surface area contributed by atoms with Gasteiger partial charge in [-0.1, -0.05) is 12.8 Å². The highest BCUT2D eigenvalue weighted by atomic mass is 32.2. The fourth-order valence-electron chi connectivity index (χ4n) is 2.16. The SMILES string of the molecule is CSC1(CNc2nc(C(=O)O)cs2)CCCC1. The van der Waals surface area contributed by atoms with Crippen LogP contribution in [0.1, 0.15) is 36.2 Å². The number of nitrogens with zero attached hydrogens (tertiary/aromatic N) is 1. The van der Waals surface area contributed by atoms with Gasteiger partial charge in [0.1, 0.15) is 0 Å². The van der Waals surface area contributed by atoms with Crippen molar-refractivity contribution < 1.29 is 9.90 Å². The van der Waals surface area contributed by atoms with Crippen molar-refractivity contribution >= 4 is 34.2 Å². The summed E-state index contributed by atoms with van der Waals surface area (Å²) in [6.07, 6.45) is 7.20. The summed E-state index contributed by atoms with van der Waals surface area (Å²) in [6, 6.07) is 0. The lowest BCUT2D eigenvalue weighted by Crippen LogP contribution is -2.29. The number of aromatic carboxylic acids is 1. The zero-order valence-electron chi connectivity index (χ0n) is 9.73. The average Bonchev–Trinajstić information content (AvgIpc) is 2.96. The number of rotatable bonds is 5. The Hall–Kier alpha value is -0.750. The predicted molar refractivity (Wildman–Crippen MR) is 72.3 cm³/mol. The van der Waals surface area contributed by atoms with Crippen LogP contribution in [0.5, 0.6) is 0 Å². The van der Waals surface area contributed by atoms with Crippen LogP contribution in [0.25, 0.3) is 0 Å². The van der Waals surface area contributed by atoms with Gasteiger partial charge in [-0.25, -0.2) is 9.78 Å². The van der Waals surface area contributed by atoms with Crippen LogP contribution in [-0.2, 0) is 0 Å². The topological polar surface area (TPSA) is 62.2 Å². The van der Waals surface area contributed by atoms with Gasteiger partial charge in [0.25, 0.3) is 0 Å². The number of nitrogens with one attached hydrogen (secondary N) is 1. The summed E-state index contributed by atoms with van der Waals surface area (Å²) < 4.78 is 0.315. The summed E-state index contributed by atoms with van der Waals surface area (Å²) in [5, 5.41) is 14.3. The third kappa shape index (κ3) is 2.93. The summed E-state index contributed by atoms with van der Waals surface area (Å²) in [5.41, 5.74) is 0.127. The molecule has 1 aliphatic carbocycles. The van der Waals surface area contributed by atoms with Crippen LogP contribution >= 0.6 is 23.1 Å². The highest BCUT2D eigenvalue weighted by Gasteiger charge is 2.32. The number of aromatic nitrogens is 1. The van der Waals surface area contributed by atoms with Gasteiger partial charge in [-0.3, -0.25) is 0 Å². The molecule has 1 saturated carbocycles. The van der Waals surface area contributed by atoms with E-state index >= 15 is 0 Å². The minimum Gasteiger partial charge on any atom is -0.476 e. The minimum atomic E-state index is -0.963. The van der Waals surface area contributed by atoms with E-state index in [1.54, 1.807) is 5.38 Å². The standard InChI is InChI=1S/C11H16N2O2S2/c1-16-11(4-2-3-5-11)7-12-10-13-8(6-17-10)9(14)15/h6H,2-5,7H2,1H3,(H,12,13)(H,14,15). The van der Waals surface area contributed by atoms with Crippen molar-refractivity contribution in [2.75, 3.05) is 18.1 Å². The second-order valence-electron chi connectivity index (χ2n) is 4.29. The summed E-state index contributed by atoms with van der Waals surface area (Å²) in [7, 11) is 0. The molecule has 17 heavy (non-hydrogen) atoms. The van der Waals surface area contributed by atoms with E-state index in [1.807, 2.05) is 11.8 Å². The number of hydrogen-bond donors (Lipinski definition) is 2. The maximum absolute atomic E-state index is 10.7. The molecular weight excluding hydrogens is 256 g/mol. The summed E-state index contributed by atoms with van der Waals surface area (Å²) in [6.45, 7) is 0.876. The van der Waals surface area contributed by atoms with Crippen LogP contribution in [0, 0.1) is 0 Å². The monoisotopic (exact) mass is 272 g/mol. The quantitative estimate of drug-likeness (QED) is 0.863. The number of anilines is 1. The lowest BCUT2D eigenvalue weighted by molar-refractivity contribution is 0.0691. The van der Waals surface area contributed by atoms with Crippen molar-refractivity contribution in [2.45, 2.75) is 30.4 Å². The Kier molecular flexibility index (Phi) is 3.93. The molecule has 1 aromatic rings. The molecule has 2 N–H and O–H groups in total. The summed E-state index contributed by atoms with van der Waals surface area (Å²) in [4.78, 5) is 14.7. The van der Waals surface area contributed by atoms with Crippen molar-refractivity contribution in [3.05, 3.63) is 11.1 Å². The molecule has 0 saturated heterocycles. The highest BCUT2D eigenvalue weighted by molar-refractivity contribution is 8.00. The van der Waals surface area contributed by atoms with Crippen LogP contribution < -0.4 is 5.32 Å². The second-order valence-corrected chi connectivity index (χ2v) is 6.42. The van der Waals surface area contributed by atoms with E-state index in [2.05, 4.69) is 16.6 Å². The van der Waals surface area contributed by atoms with Gasteiger partial charge in [0, 0.05) is 16.7 Å². The molecule has 0 spiro atoms. The van der Waals surface area contributed by atoms with E-state index in [0.29, 0.717) is 9.88 Å². The van der Waals surface area contributed by atoms with Crippen molar-refractivity contribution in [1.29, 1.82) is 0 Å². The smallest absolute Gasteiger partial charge is 0.355 e. The van der Waals surface area contributed by atoms with Crippen molar-refractivity contribution in [3.8, 4) is 0 Å². The van der Waals surface area contributed by atoms with Gasteiger partial charge in [-0.2, -0.15) is 11.8 Å². The molecule has 1 aromatic heterocycles. The molecular formula is C11H16N2O2S2.